The van der Waals surface area contributed by atoms with Crippen LogP contribution >= 0.6 is 0 Å². The van der Waals surface area contributed by atoms with Crippen molar-refractivity contribution in [2.24, 2.45) is 0 Å². The van der Waals surface area contributed by atoms with Crippen molar-refractivity contribution in [1.82, 2.24) is 24.8 Å². The molecule has 5 rings (SSSR count). The molecular formula is C21H23N7O3. The lowest BCUT2D eigenvalue weighted by Crippen LogP contribution is -2.41. The maximum absolute atomic E-state index is 12.9. The zero-order valence-electron chi connectivity index (χ0n) is 17.3. The summed E-state index contributed by atoms with van der Waals surface area (Å²) in [5.74, 6) is 0.871. The van der Waals surface area contributed by atoms with Gasteiger partial charge in [-0.25, -0.2) is 9.50 Å². The number of hydrogen-bond acceptors (Lipinski definition) is 7. The van der Waals surface area contributed by atoms with Crippen LogP contribution in [0.4, 0.5) is 17.2 Å². The van der Waals surface area contributed by atoms with Gasteiger partial charge in [0.2, 0.25) is 5.91 Å². The minimum atomic E-state index is -0.530. The molecule has 160 valence electrons. The van der Waals surface area contributed by atoms with E-state index < -0.39 is 11.9 Å². The molecule has 1 atom stereocenters. The molecule has 31 heavy (non-hydrogen) atoms. The quantitative estimate of drug-likeness (QED) is 0.571. The van der Waals surface area contributed by atoms with Crippen LogP contribution in [-0.2, 0) is 11.2 Å². The van der Waals surface area contributed by atoms with E-state index in [9.17, 15) is 9.59 Å². The Balaban J connectivity index is 1.48. The number of amides is 2. The minimum Gasteiger partial charge on any atom is -0.491 e. The smallest absolute Gasteiger partial charge is 0.272 e. The first-order valence-electron chi connectivity index (χ1n) is 10.2. The van der Waals surface area contributed by atoms with Crippen molar-refractivity contribution < 1.29 is 14.3 Å². The van der Waals surface area contributed by atoms with Gasteiger partial charge in [-0.3, -0.25) is 9.59 Å². The number of nitrogens with zero attached hydrogens (tertiary/aromatic N) is 4. The lowest BCUT2D eigenvalue weighted by Gasteiger charge is -2.14. The molecule has 1 aromatic carbocycles. The van der Waals surface area contributed by atoms with Gasteiger partial charge >= 0.3 is 0 Å². The molecule has 2 aromatic heterocycles. The Bertz CT molecular complexity index is 1190. The van der Waals surface area contributed by atoms with Gasteiger partial charge in [0, 0.05) is 33.1 Å². The highest BCUT2D eigenvalue weighted by Crippen LogP contribution is 2.35. The summed E-state index contributed by atoms with van der Waals surface area (Å²) >= 11 is 0. The topological polar surface area (TPSA) is 113 Å². The van der Waals surface area contributed by atoms with E-state index in [-0.39, 0.29) is 11.6 Å². The van der Waals surface area contributed by atoms with Crippen LogP contribution in [0.2, 0.25) is 0 Å². The number of carbonyl (C=O) groups is 2. The average molecular weight is 421 g/mol. The van der Waals surface area contributed by atoms with E-state index in [4.69, 9.17) is 4.74 Å². The molecule has 0 aliphatic carbocycles. The third kappa shape index (κ3) is 3.29. The van der Waals surface area contributed by atoms with E-state index >= 15 is 0 Å². The van der Waals surface area contributed by atoms with Crippen LogP contribution in [0, 0.1) is 0 Å². The van der Waals surface area contributed by atoms with Gasteiger partial charge in [-0.1, -0.05) is 12.1 Å². The van der Waals surface area contributed by atoms with Crippen LogP contribution in [0.5, 0.6) is 5.75 Å². The molecule has 0 saturated carbocycles. The largest absolute Gasteiger partial charge is 0.491 e. The zero-order valence-corrected chi connectivity index (χ0v) is 17.3. The van der Waals surface area contributed by atoms with Crippen LogP contribution in [0.1, 0.15) is 22.5 Å². The Kier molecular flexibility index (Phi) is 4.61. The summed E-state index contributed by atoms with van der Waals surface area (Å²) in [6.45, 7) is 1.28. The maximum atomic E-state index is 12.9. The molecule has 10 heteroatoms. The number of carbonyl (C=O) groups excluding carboxylic acids is 2. The van der Waals surface area contributed by atoms with Crippen LogP contribution in [0.3, 0.4) is 0 Å². The van der Waals surface area contributed by atoms with Gasteiger partial charge in [-0.2, -0.15) is 0 Å². The maximum Gasteiger partial charge on any atom is 0.272 e. The van der Waals surface area contributed by atoms with Crippen molar-refractivity contribution in [3.8, 4) is 5.75 Å². The van der Waals surface area contributed by atoms with E-state index in [2.05, 4.69) is 26.0 Å². The van der Waals surface area contributed by atoms with Gasteiger partial charge < -0.3 is 25.6 Å². The molecule has 2 aliphatic rings. The van der Waals surface area contributed by atoms with E-state index in [0.29, 0.717) is 36.7 Å². The average Bonchev–Trinajstić information content (AvgIpc) is 3.49. The Morgan fingerprint density at radius 3 is 2.94 bits per heavy atom. The number of aromatic nitrogens is 3. The number of para-hydroxylation sites is 1. The second kappa shape index (κ2) is 7.46. The third-order valence-electron chi connectivity index (χ3n) is 5.68. The molecule has 1 fully saturated rings. The first-order chi connectivity index (χ1) is 15.0. The zero-order chi connectivity index (χ0) is 21.5. The lowest BCUT2D eigenvalue weighted by molar-refractivity contribution is -0.128. The van der Waals surface area contributed by atoms with Crippen molar-refractivity contribution in [3.05, 3.63) is 41.7 Å². The number of likely N-dealkylation sites (N-methyl/N-ethyl adjacent to an activating group) is 1. The number of likely N-dealkylation sites (tertiary alicyclic amines) is 1. The number of anilines is 3. The standard InChI is InChI=1S/C21H23N7O3/c1-22-15-10-17(24-13-5-3-4-12-7-9-31-18(12)13)26-28-16(11-23-19(15)28)20(29)25-14-6-8-27(2)21(14)30/h3-5,10-11,14,22H,6-9H2,1-2H3,(H,24,26)(H,25,29)/t14-/m1/s1. The molecule has 10 nitrogen and oxygen atoms in total. The monoisotopic (exact) mass is 421 g/mol. The van der Waals surface area contributed by atoms with E-state index in [1.54, 1.807) is 19.0 Å². The molecule has 3 N–H and O–H groups in total. The summed E-state index contributed by atoms with van der Waals surface area (Å²) < 4.78 is 7.24. The molecule has 3 aromatic rings. The summed E-state index contributed by atoms with van der Waals surface area (Å²) in [6, 6.07) is 7.24. The third-order valence-corrected chi connectivity index (χ3v) is 5.68. The van der Waals surface area contributed by atoms with Gasteiger partial charge in [-0.05, 0) is 18.1 Å². The van der Waals surface area contributed by atoms with E-state index in [0.717, 1.165) is 23.4 Å². The number of imidazole rings is 1. The fraction of sp³-hybridized carbons (Fsp3) is 0.333. The molecule has 2 amide bonds. The lowest BCUT2D eigenvalue weighted by atomic mass is 10.1. The highest BCUT2D eigenvalue weighted by molar-refractivity contribution is 5.97. The molecule has 1 saturated heterocycles. The first-order valence-corrected chi connectivity index (χ1v) is 10.2. The summed E-state index contributed by atoms with van der Waals surface area (Å²) in [6.07, 6.45) is 2.92. The molecular weight excluding hydrogens is 398 g/mol. The van der Waals surface area contributed by atoms with Gasteiger partial charge in [0.15, 0.2) is 17.2 Å². The molecule has 0 radical (unpaired) electrons. The molecule has 0 spiro atoms. The second-order valence-electron chi connectivity index (χ2n) is 7.66. The minimum absolute atomic E-state index is 0.0914. The SMILES string of the molecule is CNc1cc(Nc2cccc3c2OCC3)nn2c(C(=O)N[C@@H]3CCN(C)C3=O)cnc12. The van der Waals surface area contributed by atoms with Crippen LogP contribution in [-0.4, -0.2) is 64.6 Å². The van der Waals surface area contributed by atoms with Crippen LogP contribution in [0.25, 0.3) is 5.65 Å². The summed E-state index contributed by atoms with van der Waals surface area (Å²) in [7, 11) is 3.51. The summed E-state index contributed by atoms with van der Waals surface area (Å²) in [5.41, 5.74) is 3.44. The van der Waals surface area contributed by atoms with Gasteiger partial charge in [0.05, 0.1) is 24.2 Å². The molecule has 0 bridgehead atoms. The highest BCUT2D eigenvalue weighted by Gasteiger charge is 2.31. The normalized spacial score (nSPS) is 17.5. The van der Waals surface area contributed by atoms with Gasteiger partial charge in [0.1, 0.15) is 11.8 Å². The second-order valence-corrected chi connectivity index (χ2v) is 7.66. The molecule has 4 heterocycles. The van der Waals surface area contributed by atoms with Gasteiger partial charge in [0.25, 0.3) is 5.91 Å². The number of nitrogens with one attached hydrogen (secondary N) is 3. The van der Waals surface area contributed by atoms with E-state index in [1.165, 1.54) is 10.7 Å². The number of hydrogen-bond donors (Lipinski definition) is 3. The number of ether oxygens (including phenoxy) is 1. The fourth-order valence-corrected chi connectivity index (χ4v) is 4.01. The van der Waals surface area contributed by atoms with Crippen molar-refractivity contribution >= 4 is 34.7 Å². The highest BCUT2D eigenvalue weighted by atomic mass is 16.5. The Morgan fingerprint density at radius 1 is 1.29 bits per heavy atom. The van der Waals surface area contributed by atoms with Crippen molar-refractivity contribution in [3.63, 3.8) is 0 Å². The Hall–Kier alpha value is -3.82. The summed E-state index contributed by atoms with van der Waals surface area (Å²) in [4.78, 5) is 31.0. The predicted molar refractivity (Wildman–Crippen MR) is 115 cm³/mol. The first kappa shape index (κ1) is 19.2. The van der Waals surface area contributed by atoms with Crippen molar-refractivity contribution in [1.29, 1.82) is 0 Å². The fourth-order valence-electron chi connectivity index (χ4n) is 4.01. The molecule has 2 aliphatic heterocycles. The van der Waals surface area contributed by atoms with Crippen molar-refractivity contribution in [2.45, 2.75) is 18.9 Å². The number of benzene rings is 1. The number of fused-ring (bicyclic) bond motifs is 2. The number of rotatable bonds is 5. The van der Waals surface area contributed by atoms with Crippen molar-refractivity contribution in [2.75, 3.05) is 37.9 Å². The van der Waals surface area contributed by atoms with Gasteiger partial charge in [-0.15, -0.1) is 5.10 Å². The Labute approximate surface area is 178 Å². The summed E-state index contributed by atoms with van der Waals surface area (Å²) in [5, 5.41) is 13.8. The predicted octanol–water partition coefficient (Wildman–Crippen LogP) is 1.41. The Morgan fingerprint density at radius 2 is 2.16 bits per heavy atom. The molecule has 0 unspecified atom stereocenters. The van der Waals surface area contributed by atoms with Crippen LogP contribution in [0.15, 0.2) is 30.5 Å². The van der Waals surface area contributed by atoms with E-state index in [1.807, 2.05) is 24.3 Å². The van der Waals surface area contributed by atoms with Crippen LogP contribution < -0.4 is 20.7 Å².